The third-order valence-electron chi connectivity index (χ3n) is 4.28. The van der Waals surface area contributed by atoms with Crippen molar-refractivity contribution < 1.29 is 13.2 Å². The highest BCUT2D eigenvalue weighted by Gasteiger charge is 2.34. The van der Waals surface area contributed by atoms with Gasteiger partial charge in [0, 0.05) is 42.9 Å². The topological polar surface area (TPSA) is 45.2 Å². The number of aromatic nitrogens is 3. The first-order valence-electron chi connectivity index (χ1n) is 7.83. The summed E-state index contributed by atoms with van der Waals surface area (Å²) in [6, 6.07) is 4.90. The molecule has 0 bridgehead atoms. The minimum Gasteiger partial charge on any atom is -0.355 e. The quantitative estimate of drug-likeness (QED) is 0.763. The molecular weight excluding hydrogens is 399 g/mol. The molecule has 1 aliphatic heterocycles. The maximum atomic E-state index is 12.9. The van der Waals surface area contributed by atoms with Gasteiger partial charge in [-0.1, -0.05) is 0 Å². The summed E-state index contributed by atoms with van der Waals surface area (Å²) < 4.78 is 39.5. The van der Waals surface area contributed by atoms with E-state index in [0.717, 1.165) is 42.1 Å². The summed E-state index contributed by atoms with van der Waals surface area (Å²) in [6.07, 6.45) is 0.0472. The Morgan fingerprint density at radius 2 is 2.04 bits per heavy atom. The Labute approximate surface area is 152 Å². The lowest BCUT2D eigenvalue weighted by Crippen LogP contribution is -2.47. The van der Waals surface area contributed by atoms with Crippen molar-refractivity contribution in [2.45, 2.75) is 25.1 Å². The number of piperidine rings is 1. The fourth-order valence-corrected chi connectivity index (χ4v) is 3.15. The van der Waals surface area contributed by atoms with Crippen molar-refractivity contribution in [3.63, 3.8) is 0 Å². The molecular formula is C16H17BrF3N5. The van der Waals surface area contributed by atoms with Gasteiger partial charge in [0.05, 0.1) is 0 Å². The zero-order chi connectivity index (χ0) is 18.0. The predicted octanol–water partition coefficient (Wildman–Crippen LogP) is 3.76. The van der Waals surface area contributed by atoms with Gasteiger partial charge >= 0.3 is 6.18 Å². The molecule has 1 saturated heterocycles. The summed E-state index contributed by atoms with van der Waals surface area (Å²) in [5.41, 5.74) is -0.924. The molecule has 25 heavy (non-hydrogen) atoms. The van der Waals surface area contributed by atoms with Gasteiger partial charge in [-0.3, -0.25) is 0 Å². The second-order valence-electron chi connectivity index (χ2n) is 5.95. The average molecular weight is 416 g/mol. The Balaban J connectivity index is 1.76. The largest absolute Gasteiger partial charge is 0.433 e. The van der Waals surface area contributed by atoms with Crippen LogP contribution in [0.2, 0.25) is 0 Å². The van der Waals surface area contributed by atoms with Gasteiger partial charge in [0.25, 0.3) is 0 Å². The van der Waals surface area contributed by atoms with Gasteiger partial charge in [-0.05, 0) is 40.9 Å². The zero-order valence-corrected chi connectivity index (χ0v) is 15.1. The van der Waals surface area contributed by atoms with Crippen molar-refractivity contribution >= 4 is 27.6 Å². The smallest absolute Gasteiger partial charge is 0.355 e. The summed E-state index contributed by atoms with van der Waals surface area (Å²) in [4.78, 5) is 15.7. The number of hydrogen-bond acceptors (Lipinski definition) is 5. The SMILES string of the molecule is CN(c1cc(C(F)(F)F)ncn1)C1CCCN(c2ccc(Br)cn2)C1. The molecule has 1 aliphatic rings. The van der Waals surface area contributed by atoms with Gasteiger partial charge in [0.2, 0.25) is 0 Å². The molecule has 0 aliphatic carbocycles. The van der Waals surface area contributed by atoms with Gasteiger partial charge in [-0.2, -0.15) is 13.2 Å². The van der Waals surface area contributed by atoms with Crippen LogP contribution in [0.1, 0.15) is 18.5 Å². The summed E-state index contributed by atoms with van der Waals surface area (Å²) in [7, 11) is 1.77. The minimum absolute atomic E-state index is 0.0511. The lowest BCUT2D eigenvalue weighted by molar-refractivity contribution is -0.141. The van der Waals surface area contributed by atoms with Crippen molar-refractivity contribution in [1.29, 1.82) is 0 Å². The molecule has 1 fully saturated rings. The van der Waals surface area contributed by atoms with Crippen molar-refractivity contribution in [2.24, 2.45) is 0 Å². The molecule has 5 nitrogen and oxygen atoms in total. The maximum absolute atomic E-state index is 12.9. The second-order valence-corrected chi connectivity index (χ2v) is 6.86. The van der Waals surface area contributed by atoms with Crippen LogP contribution < -0.4 is 9.80 Å². The molecule has 0 N–H and O–H groups in total. The van der Waals surface area contributed by atoms with Crippen molar-refractivity contribution in [2.75, 3.05) is 29.9 Å². The average Bonchev–Trinajstić information content (AvgIpc) is 2.61. The van der Waals surface area contributed by atoms with E-state index in [1.54, 1.807) is 18.1 Å². The molecule has 9 heteroatoms. The number of rotatable bonds is 3. The number of anilines is 2. The molecule has 0 radical (unpaired) electrons. The van der Waals surface area contributed by atoms with E-state index in [4.69, 9.17) is 0 Å². The number of likely N-dealkylation sites (N-methyl/N-ethyl adjacent to an activating group) is 1. The zero-order valence-electron chi connectivity index (χ0n) is 13.5. The van der Waals surface area contributed by atoms with Crippen LogP contribution in [0.25, 0.3) is 0 Å². The minimum atomic E-state index is -4.47. The van der Waals surface area contributed by atoms with E-state index in [-0.39, 0.29) is 11.9 Å². The molecule has 0 spiro atoms. The lowest BCUT2D eigenvalue weighted by Gasteiger charge is -2.38. The van der Waals surface area contributed by atoms with Gasteiger partial charge < -0.3 is 9.80 Å². The fourth-order valence-electron chi connectivity index (χ4n) is 2.92. The van der Waals surface area contributed by atoms with Crippen LogP contribution in [0, 0.1) is 0 Å². The van der Waals surface area contributed by atoms with E-state index >= 15 is 0 Å². The Bertz CT molecular complexity index is 722. The van der Waals surface area contributed by atoms with Crippen molar-refractivity contribution in [1.82, 2.24) is 15.0 Å². The van der Waals surface area contributed by atoms with Crippen molar-refractivity contribution in [3.05, 3.63) is 40.9 Å². The van der Waals surface area contributed by atoms with Gasteiger partial charge in [0.1, 0.15) is 23.7 Å². The molecule has 2 aromatic heterocycles. The number of pyridine rings is 1. The Morgan fingerprint density at radius 3 is 2.72 bits per heavy atom. The first-order chi connectivity index (χ1) is 11.8. The molecule has 0 aromatic carbocycles. The summed E-state index contributed by atoms with van der Waals surface area (Å²) >= 11 is 3.36. The highest BCUT2D eigenvalue weighted by atomic mass is 79.9. The molecule has 3 heterocycles. The molecule has 3 rings (SSSR count). The van der Waals surface area contributed by atoms with Crippen LogP contribution in [-0.2, 0) is 6.18 Å². The Kier molecular flexibility index (Phi) is 5.12. The highest BCUT2D eigenvalue weighted by molar-refractivity contribution is 9.10. The van der Waals surface area contributed by atoms with Gasteiger partial charge in [-0.25, -0.2) is 15.0 Å². The number of nitrogens with zero attached hydrogens (tertiary/aromatic N) is 5. The van der Waals surface area contributed by atoms with Crippen molar-refractivity contribution in [3.8, 4) is 0 Å². The molecule has 1 atom stereocenters. The standard InChI is InChI=1S/C16H17BrF3N5/c1-24(15-7-13(16(18,19)20)22-10-23-15)12-3-2-6-25(9-12)14-5-4-11(17)8-21-14/h4-5,7-8,10,12H,2-3,6,9H2,1H3. The fraction of sp³-hybridized carbons (Fsp3) is 0.438. The Hall–Kier alpha value is -1.90. The summed E-state index contributed by atoms with van der Waals surface area (Å²) in [5, 5.41) is 0. The first kappa shape index (κ1) is 17.9. The molecule has 134 valence electrons. The first-order valence-corrected chi connectivity index (χ1v) is 8.62. The third-order valence-corrected chi connectivity index (χ3v) is 4.75. The maximum Gasteiger partial charge on any atom is 0.433 e. The monoisotopic (exact) mass is 415 g/mol. The third kappa shape index (κ3) is 4.20. The van der Waals surface area contributed by atoms with Crippen LogP contribution in [-0.4, -0.2) is 41.1 Å². The van der Waals surface area contributed by atoms with Crippen LogP contribution in [0.4, 0.5) is 24.8 Å². The van der Waals surface area contributed by atoms with Crippen LogP contribution in [0.15, 0.2) is 35.2 Å². The van der Waals surface area contributed by atoms with E-state index in [1.807, 2.05) is 12.1 Å². The van der Waals surface area contributed by atoms with E-state index < -0.39 is 11.9 Å². The highest BCUT2D eigenvalue weighted by Crippen LogP contribution is 2.30. The molecule has 1 unspecified atom stereocenters. The molecule has 2 aromatic rings. The Morgan fingerprint density at radius 1 is 1.24 bits per heavy atom. The summed E-state index contributed by atoms with van der Waals surface area (Å²) in [6.45, 7) is 1.55. The predicted molar refractivity (Wildman–Crippen MR) is 92.6 cm³/mol. The second kappa shape index (κ2) is 7.15. The molecule has 0 amide bonds. The van der Waals surface area contributed by atoms with Gasteiger partial charge in [0.15, 0.2) is 0 Å². The number of alkyl halides is 3. The molecule has 0 saturated carbocycles. The lowest BCUT2D eigenvalue weighted by atomic mass is 10.0. The van der Waals surface area contributed by atoms with E-state index in [0.29, 0.717) is 6.54 Å². The van der Waals surface area contributed by atoms with Crippen LogP contribution >= 0.6 is 15.9 Å². The number of hydrogen-bond donors (Lipinski definition) is 0. The van der Waals surface area contributed by atoms with Crippen LogP contribution in [0.3, 0.4) is 0 Å². The normalized spacial score (nSPS) is 18.3. The van der Waals surface area contributed by atoms with E-state index in [9.17, 15) is 13.2 Å². The van der Waals surface area contributed by atoms with E-state index in [1.165, 1.54) is 0 Å². The van der Waals surface area contributed by atoms with Gasteiger partial charge in [-0.15, -0.1) is 0 Å². The number of halogens is 4. The van der Waals surface area contributed by atoms with E-state index in [2.05, 4.69) is 35.8 Å². The van der Waals surface area contributed by atoms with Crippen LogP contribution in [0.5, 0.6) is 0 Å². The summed E-state index contributed by atoms with van der Waals surface area (Å²) in [5.74, 6) is 1.14.